The van der Waals surface area contributed by atoms with Gasteiger partial charge in [0.15, 0.2) is 0 Å². The van der Waals surface area contributed by atoms with Gasteiger partial charge in [0.05, 0.1) is 0 Å². The number of hydrogen-bond acceptors (Lipinski definition) is 3. The zero-order valence-electron chi connectivity index (χ0n) is 7.38. The molecule has 0 rings (SSSR count). The number of nitrogens with one attached hydrogen (secondary N) is 1. The van der Waals surface area contributed by atoms with Gasteiger partial charge in [0, 0.05) is 25.4 Å². The average Bonchev–Trinajstić information content (AvgIpc) is 2.10. The fourth-order valence-electron chi connectivity index (χ4n) is 0.558. The Morgan fingerprint density at radius 2 is 2.42 bits per heavy atom. The van der Waals surface area contributed by atoms with E-state index in [1.807, 2.05) is 19.2 Å². The monoisotopic (exact) mass is 165 g/mol. The molecule has 3 nitrogen and oxygen atoms in total. The van der Waals surface area contributed by atoms with Crippen molar-refractivity contribution < 1.29 is 0 Å². The second-order valence-corrected chi connectivity index (χ2v) is 2.09. The molecule has 0 amide bonds. The van der Waals surface area contributed by atoms with Gasteiger partial charge in [0.1, 0.15) is 0 Å². The summed E-state index contributed by atoms with van der Waals surface area (Å²) in [5.41, 5.74) is 2.54. The number of allylic oxidation sites excluding steroid dienone is 1. The summed E-state index contributed by atoms with van der Waals surface area (Å²) in [5, 5.41) is 0. The molecule has 0 heterocycles. The zero-order valence-corrected chi connectivity index (χ0v) is 7.38. The van der Waals surface area contributed by atoms with E-state index in [0.29, 0.717) is 0 Å². The molecule has 0 saturated heterocycles. The lowest BCUT2D eigenvalue weighted by molar-refractivity contribution is 0.756. The average molecular weight is 165 g/mol. The van der Waals surface area contributed by atoms with Gasteiger partial charge in [-0.1, -0.05) is 12.0 Å². The molecule has 0 saturated carbocycles. The summed E-state index contributed by atoms with van der Waals surface area (Å²) in [4.78, 5) is 4.01. The van der Waals surface area contributed by atoms with Gasteiger partial charge in [-0.05, 0) is 13.3 Å². The number of rotatable bonds is 5. The van der Waals surface area contributed by atoms with E-state index >= 15 is 0 Å². The predicted octanol–water partition coefficient (Wildman–Crippen LogP) is 0.838. The lowest BCUT2D eigenvalue weighted by Gasteiger charge is -1.88. The van der Waals surface area contributed by atoms with Crippen molar-refractivity contribution in [3.8, 4) is 11.8 Å². The Labute approximate surface area is 73.7 Å². The molecule has 12 heavy (non-hydrogen) atoms. The summed E-state index contributed by atoms with van der Waals surface area (Å²) in [6.45, 7) is 2.58. The van der Waals surface area contributed by atoms with Gasteiger partial charge in [0.2, 0.25) is 0 Å². The van der Waals surface area contributed by atoms with E-state index in [0.717, 1.165) is 19.4 Å². The molecule has 66 valence electrons. The highest BCUT2D eigenvalue weighted by Gasteiger charge is 1.74. The van der Waals surface area contributed by atoms with Crippen LogP contribution in [0.2, 0.25) is 0 Å². The van der Waals surface area contributed by atoms with Crippen molar-refractivity contribution in [3.63, 3.8) is 0 Å². The van der Waals surface area contributed by atoms with Crippen molar-refractivity contribution in [2.24, 2.45) is 10.8 Å². The molecule has 3 N–H and O–H groups in total. The highest BCUT2D eigenvalue weighted by Crippen LogP contribution is 1.81. The SMILES string of the molecule is CC#CC/C=C\N=CCCNN. The highest BCUT2D eigenvalue weighted by molar-refractivity contribution is 5.58. The maximum atomic E-state index is 5.06. The van der Waals surface area contributed by atoms with E-state index in [-0.39, 0.29) is 0 Å². The van der Waals surface area contributed by atoms with Crippen LogP contribution in [0.5, 0.6) is 0 Å². The first-order valence-corrected chi connectivity index (χ1v) is 3.91. The zero-order chi connectivity index (χ0) is 9.07. The van der Waals surface area contributed by atoms with Gasteiger partial charge in [-0.3, -0.25) is 16.3 Å². The largest absolute Gasteiger partial charge is 0.271 e. The van der Waals surface area contributed by atoms with Crippen LogP contribution in [0.3, 0.4) is 0 Å². The van der Waals surface area contributed by atoms with E-state index in [9.17, 15) is 0 Å². The van der Waals surface area contributed by atoms with Crippen LogP contribution in [0.25, 0.3) is 0 Å². The summed E-state index contributed by atoms with van der Waals surface area (Å²) >= 11 is 0. The molecule has 0 bridgehead atoms. The lowest BCUT2D eigenvalue weighted by atomic mass is 10.4. The molecule has 0 fully saturated rings. The Balaban J connectivity index is 3.30. The van der Waals surface area contributed by atoms with Crippen molar-refractivity contribution in [1.82, 2.24) is 5.43 Å². The van der Waals surface area contributed by atoms with Crippen LogP contribution in [0.1, 0.15) is 19.8 Å². The Kier molecular flexibility index (Phi) is 8.98. The maximum absolute atomic E-state index is 5.06. The minimum absolute atomic E-state index is 0.756. The van der Waals surface area contributed by atoms with Crippen molar-refractivity contribution in [1.29, 1.82) is 0 Å². The third kappa shape index (κ3) is 8.89. The fraction of sp³-hybridized carbons (Fsp3) is 0.444. The van der Waals surface area contributed by atoms with Crippen LogP contribution < -0.4 is 11.3 Å². The Morgan fingerprint density at radius 1 is 1.58 bits per heavy atom. The first-order chi connectivity index (χ1) is 5.91. The lowest BCUT2D eigenvalue weighted by Crippen LogP contribution is -2.22. The molecule has 0 spiro atoms. The van der Waals surface area contributed by atoms with E-state index in [1.165, 1.54) is 0 Å². The van der Waals surface area contributed by atoms with Gasteiger partial charge in [-0.25, -0.2) is 0 Å². The second kappa shape index (κ2) is 9.89. The van der Waals surface area contributed by atoms with Gasteiger partial charge in [-0.2, -0.15) is 0 Å². The number of hydrogen-bond donors (Lipinski definition) is 2. The number of nitrogens with zero attached hydrogens (tertiary/aromatic N) is 1. The molecule has 0 aromatic rings. The Hall–Kier alpha value is -1.11. The topological polar surface area (TPSA) is 50.4 Å². The van der Waals surface area contributed by atoms with Crippen molar-refractivity contribution in [3.05, 3.63) is 12.3 Å². The van der Waals surface area contributed by atoms with Gasteiger partial charge < -0.3 is 0 Å². The number of nitrogens with two attached hydrogens (primary N) is 1. The van der Waals surface area contributed by atoms with Crippen LogP contribution in [0, 0.1) is 11.8 Å². The van der Waals surface area contributed by atoms with Crippen LogP contribution >= 0.6 is 0 Å². The normalized spacial score (nSPS) is 10.5. The van der Waals surface area contributed by atoms with Crippen molar-refractivity contribution in [2.45, 2.75) is 19.8 Å². The second-order valence-electron chi connectivity index (χ2n) is 2.09. The molecule has 0 atom stereocenters. The maximum Gasteiger partial charge on any atom is 0.0287 e. The first-order valence-electron chi connectivity index (χ1n) is 3.91. The summed E-state index contributed by atoms with van der Waals surface area (Å²) in [6.07, 6.45) is 7.10. The Bertz CT molecular complexity index is 196. The molecule has 0 aliphatic carbocycles. The standard InChI is InChI=1S/C9H15N3/c1-2-3-4-5-7-11-8-6-9-12-10/h5,7-8,12H,4,6,9-10H2,1H3/b7-5-,11-8?. The molecule has 3 heteroatoms. The van der Waals surface area contributed by atoms with Crippen LogP contribution in [-0.2, 0) is 0 Å². The molecule has 0 aromatic carbocycles. The van der Waals surface area contributed by atoms with E-state index in [1.54, 1.807) is 6.20 Å². The predicted molar refractivity (Wildman–Crippen MR) is 52.5 cm³/mol. The van der Waals surface area contributed by atoms with Crippen LogP contribution in [0.15, 0.2) is 17.3 Å². The summed E-state index contributed by atoms with van der Waals surface area (Å²) in [6, 6.07) is 0. The van der Waals surface area contributed by atoms with E-state index in [2.05, 4.69) is 22.3 Å². The molecule has 0 aromatic heterocycles. The number of hydrazine groups is 1. The van der Waals surface area contributed by atoms with E-state index in [4.69, 9.17) is 5.84 Å². The van der Waals surface area contributed by atoms with Crippen molar-refractivity contribution >= 4 is 6.21 Å². The molecule has 0 unspecified atom stereocenters. The minimum atomic E-state index is 0.756. The highest BCUT2D eigenvalue weighted by atomic mass is 15.2. The smallest absolute Gasteiger partial charge is 0.0287 e. The Morgan fingerprint density at radius 3 is 3.08 bits per heavy atom. The summed E-state index contributed by atoms with van der Waals surface area (Å²) < 4.78 is 0. The first kappa shape index (κ1) is 10.9. The third-order valence-corrected chi connectivity index (χ3v) is 1.11. The van der Waals surface area contributed by atoms with Gasteiger partial charge in [-0.15, -0.1) is 5.92 Å². The van der Waals surface area contributed by atoms with Crippen LogP contribution in [-0.4, -0.2) is 12.8 Å². The van der Waals surface area contributed by atoms with Crippen LogP contribution in [0.4, 0.5) is 0 Å². The molecular formula is C9H15N3. The number of aliphatic imine (C=N–C) groups is 1. The fourth-order valence-corrected chi connectivity index (χ4v) is 0.558. The molecular weight excluding hydrogens is 150 g/mol. The molecule has 0 aliphatic rings. The van der Waals surface area contributed by atoms with Crippen molar-refractivity contribution in [2.75, 3.05) is 6.54 Å². The molecule has 0 aliphatic heterocycles. The quantitative estimate of drug-likeness (QED) is 0.208. The summed E-state index contributed by atoms with van der Waals surface area (Å²) in [5.74, 6) is 10.8. The minimum Gasteiger partial charge on any atom is -0.271 e. The van der Waals surface area contributed by atoms with Gasteiger partial charge in [0.25, 0.3) is 0 Å². The third-order valence-electron chi connectivity index (χ3n) is 1.11. The van der Waals surface area contributed by atoms with E-state index < -0.39 is 0 Å². The molecule has 0 radical (unpaired) electrons. The summed E-state index contributed by atoms with van der Waals surface area (Å²) in [7, 11) is 0. The van der Waals surface area contributed by atoms with Gasteiger partial charge >= 0.3 is 0 Å².